The SMILES string of the molecule is CC1(C)CC(=O)N(c2cccc(Br)c2)O1. The van der Waals surface area contributed by atoms with Crippen LogP contribution in [0.4, 0.5) is 5.69 Å². The third-order valence-electron chi connectivity index (χ3n) is 2.18. The van der Waals surface area contributed by atoms with Crippen molar-refractivity contribution in [3.05, 3.63) is 28.7 Å². The molecule has 3 nitrogen and oxygen atoms in total. The molecule has 0 saturated carbocycles. The molecule has 0 N–H and O–H groups in total. The van der Waals surface area contributed by atoms with Crippen molar-refractivity contribution >= 4 is 27.5 Å². The highest BCUT2D eigenvalue weighted by Gasteiger charge is 2.38. The number of hydroxylamine groups is 1. The Balaban J connectivity index is 2.29. The molecule has 80 valence electrons. The number of carbonyl (C=O) groups is 1. The van der Waals surface area contributed by atoms with Gasteiger partial charge >= 0.3 is 0 Å². The van der Waals surface area contributed by atoms with Crippen molar-refractivity contribution < 1.29 is 9.63 Å². The van der Waals surface area contributed by atoms with Gasteiger partial charge in [-0.05, 0) is 32.0 Å². The van der Waals surface area contributed by atoms with Crippen LogP contribution in [0.3, 0.4) is 0 Å². The molecule has 1 aliphatic rings. The highest BCUT2D eigenvalue weighted by molar-refractivity contribution is 9.10. The van der Waals surface area contributed by atoms with E-state index >= 15 is 0 Å². The minimum absolute atomic E-state index is 0.00176. The maximum absolute atomic E-state index is 11.7. The number of halogens is 1. The molecule has 0 atom stereocenters. The summed E-state index contributed by atoms with van der Waals surface area (Å²) >= 11 is 3.36. The van der Waals surface area contributed by atoms with Crippen molar-refractivity contribution in [2.24, 2.45) is 0 Å². The molecule has 0 bridgehead atoms. The fraction of sp³-hybridized carbons (Fsp3) is 0.364. The van der Waals surface area contributed by atoms with Crippen LogP contribution in [0, 0.1) is 0 Å². The van der Waals surface area contributed by atoms with E-state index < -0.39 is 5.60 Å². The lowest BCUT2D eigenvalue weighted by Gasteiger charge is -2.19. The van der Waals surface area contributed by atoms with Gasteiger partial charge in [0, 0.05) is 4.47 Å². The molecule has 1 fully saturated rings. The largest absolute Gasteiger partial charge is 0.272 e. The zero-order chi connectivity index (χ0) is 11.1. The molecule has 1 aliphatic heterocycles. The molecule has 0 aliphatic carbocycles. The van der Waals surface area contributed by atoms with Crippen LogP contribution < -0.4 is 5.06 Å². The molecule has 1 amide bonds. The van der Waals surface area contributed by atoms with E-state index in [1.165, 1.54) is 5.06 Å². The molecule has 0 unspecified atom stereocenters. The Hall–Kier alpha value is -0.870. The summed E-state index contributed by atoms with van der Waals surface area (Å²) in [5.41, 5.74) is 0.360. The van der Waals surface area contributed by atoms with E-state index in [4.69, 9.17) is 4.84 Å². The van der Waals surface area contributed by atoms with Crippen LogP contribution in [-0.2, 0) is 9.63 Å². The van der Waals surface area contributed by atoms with Gasteiger partial charge in [-0.1, -0.05) is 22.0 Å². The van der Waals surface area contributed by atoms with E-state index in [-0.39, 0.29) is 5.91 Å². The Morgan fingerprint density at radius 1 is 1.47 bits per heavy atom. The van der Waals surface area contributed by atoms with Crippen LogP contribution in [0.1, 0.15) is 20.3 Å². The first kappa shape index (κ1) is 10.6. The van der Waals surface area contributed by atoms with Crippen LogP contribution in [0.25, 0.3) is 0 Å². The van der Waals surface area contributed by atoms with E-state index in [9.17, 15) is 4.79 Å². The van der Waals surface area contributed by atoms with Crippen LogP contribution >= 0.6 is 15.9 Å². The number of amides is 1. The third-order valence-corrected chi connectivity index (χ3v) is 2.68. The van der Waals surface area contributed by atoms with Gasteiger partial charge in [-0.15, -0.1) is 0 Å². The van der Waals surface area contributed by atoms with Gasteiger partial charge in [0.2, 0.25) is 0 Å². The topological polar surface area (TPSA) is 29.5 Å². The van der Waals surface area contributed by atoms with Crippen molar-refractivity contribution in [3.8, 4) is 0 Å². The molecular weight excluding hydrogens is 258 g/mol. The van der Waals surface area contributed by atoms with E-state index in [0.717, 1.165) is 10.2 Å². The third kappa shape index (κ3) is 2.21. The van der Waals surface area contributed by atoms with Gasteiger partial charge in [-0.3, -0.25) is 9.63 Å². The molecule has 1 aromatic carbocycles. The van der Waals surface area contributed by atoms with Crippen molar-refractivity contribution in [2.45, 2.75) is 25.9 Å². The number of carbonyl (C=O) groups excluding carboxylic acids is 1. The van der Waals surface area contributed by atoms with Crippen molar-refractivity contribution in [1.29, 1.82) is 0 Å². The number of hydrogen-bond donors (Lipinski definition) is 0. The number of hydrogen-bond acceptors (Lipinski definition) is 2. The van der Waals surface area contributed by atoms with Crippen LogP contribution in [0.2, 0.25) is 0 Å². The molecule has 0 aromatic heterocycles. The quantitative estimate of drug-likeness (QED) is 0.785. The number of anilines is 1. The van der Waals surface area contributed by atoms with Gasteiger partial charge in [0.25, 0.3) is 5.91 Å². The lowest BCUT2D eigenvalue weighted by atomic mass is 10.1. The average molecular weight is 270 g/mol. The molecule has 1 saturated heterocycles. The Labute approximate surface area is 97.1 Å². The lowest BCUT2D eigenvalue weighted by molar-refractivity contribution is -0.119. The molecule has 2 rings (SSSR count). The van der Waals surface area contributed by atoms with E-state index in [1.54, 1.807) is 0 Å². The Bertz CT molecular complexity index is 403. The van der Waals surface area contributed by atoms with E-state index in [2.05, 4.69) is 15.9 Å². The Kier molecular flexibility index (Phi) is 2.56. The first-order chi connectivity index (χ1) is 6.98. The van der Waals surface area contributed by atoms with Gasteiger partial charge in [-0.2, -0.15) is 5.06 Å². The summed E-state index contributed by atoms with van der Waals surface area (Å²) in [4.78, 5) is 17.3. The monoisotopic (exact) mass is 269 g/mol. The summed E-state index contributed by atoms with van der Waals surface area (Å²) in [5.74, 6) is -0.00176. The predicted octanol–water partition coefficient (Wildman–Crippen LogP) is 2.90. The second-order valence-corrected chi connectivity index (χ2v) is 5.11. The Morgan fingerprint density at radius 2 is 2.20 bits per heavy atom. The average Bonchev–Trinajstić information content (AvgIpc) is 2.40. The Morgan fingerprint density at radius 3 is 2.73 bits per heavy atom. The maximum atomic E-state index is 11.7. The summed E-state index contributed by atoms with van der Waals surface area (Å²) in [6.45, 7) is 3.81. The number of rotatable bonds is 1. The first-order valence-electron chi connectivity index (χ1n) is 4.76. The zero-order valence-corrected chi connectivity index (χ0v) is 10.2. The second kappa shape index (κ2) is 3.61. The van der Waals surface area contributed by atoms with Gasteiger partial charge < -0.3 is 0 Å². The van der Waals surface area contributed by atoms with Gasteiger partial charge in [0.15, 0.2) is 0 Å². The molecule has 0 spiro atoms. The highest BCUT2D eigenvalue weighted by Crippen LogP contribution is 2.31. The molecule has 0 radical (unpaired) electrons. The highest BCUT2D eigenvalue weighted by atomic mass is 79.9. The van der Waals surface area contributed by atoms with Crippen LogP contribution in [-0.4, -0.2) is 11.5 Å². The van der Waals surface area contributed by atoms with E-state index in [0.29, 0.717) is 6.42 Å². The summed E-state index contributed by atoms with van der Waals surface area (Å²) in [6, 6.07) is 7.50. The molecule has 1 aromatic rings. The standard InChI is InChI=1S/C11H12BrNO2/c1-11(2)7-10(14)13(15-11)9-5-3-4-8(12)6-9/h3-6H,7H2,1-2H3. The van der Waals surface area contributed by atoms with Crippen molar-refractivity contribution in [2.75, 3.05) is 5.06 Å². The summed E-state index contributed by atoms with van der Waals surface area (Å²) < 4.78 is 0.932. The smallest absolute Gasteiger partial charge is 0.253 e. The normalized spacial score (nSPS) is 19.7. The van der Waals surface area contributed by atoms with Gasteiger partial charge in [0.05, 0.1) is 12.1 Å². The summed E-state index contributed by atoms with van der Waals surface area (Å²) in [5, 5.41) is 1.37. The molecular formula is C11H12BrNO2. The van der Waals surface area contributed by atoms with Gasteiger partial charge in [-0.25, -0.2) is 0 Å². The fourth-order valence-corrected chi connectivity index (χ4v) is 1.95. The summed E-state index contributed by atoms with van der Waals surface area (Å²) in [7, 11) is 0. The second-order valence-electron chi connectivity index (χ2n) is 4.20. The summed E-state index contributed by atoms with van der Waals surface area (Å²) in [6.07, 6.45) is 0.416. The molecule has 4 heteroatoms. The minimum atomic E-state index is -0.403. The minimum Gasteiger partial charge on any atom is -0.272 e. The zero-order valence-electron chi connectivity index (χ0n) is 8.66. The fourth-order valence-electron chi connectivity index (χ4n) is 1.57. The van der Waals surface area contributed by atoms with Crippen LogP contribution in [0.5, 0.6) is 0 Å². The molecule has 1 heterocycles. The van der Waals surface area contributed by atoms with E-state index in [1.807, 2.05) is 38.1 Å². The van der Waals surface area contributed by atoms with Gasteiger partial charge in [0.1, 0.15) is 5.60 Å². The maximum Gasteiger partial charge on any atom is 0.253 e. The van der Waals surface area contributed by atoms with Crippen LogP contribution in [0.15, 0.2) is 28.7 Å². The predicted molar refractivity (Wildman–Crippen MR) is 61.4 cm³/mol. The van der Waals surface area contributed by atoms with Crippen molar-refractivity contribution in [1.82, 2.24) is 0 Å². The first-order valence-corrected chi connectivity index (χ1v) is 5.55. The number of nitrogens with zero attached hydrogens (tertiary/aromatic N) is 1. The lowest BCUT2D eigenvalue weighted by Crippen LogP contribution is -2.25. The number of benzene rings is 1. The molecule has 15 heavy (non-hydrogen) atoms. The van der Waals surface area contributed by atoms with Crippen molar-refractivity contribution in [3.63, 3.8) is 0 Å².